The van der Waals surface area contributed by atoms with E-state index in [1.807, 2.05) is 7.05 Å². The number of anilines is 2. The zero-order valence-electron chi connectivity index (χ0n) is 17.3. The Bertz CT molecular complexity index is 1080. The molecule has 0 spiro atoms. The first kappa shape index (κ1) is 21.8. The van der Waals surface area contributed by atoms with E-state index in [4.69, 9.17) is 4.74 Å². The summed E-state index contributed by atoms with van der Waals surface area (Å²) in [5.74, 6) is 0.560. The fraction of sp³-hybridized carbons (Fsp3) is 0.429. The van der Waals surface area contributed by atoms with Crippen molar-refractivity contribution in [3.8, 4) is 5.75 Å². The van der Waals surface area contributed by atoms with Gasteiger partial charge in [-0.3, -0.25) is 4.31 Å². The molecule has 1 fully saturated rings. The maximum atomic E-state index is 13.4. The van der Waals surface area contributed by atoms with Crippen molar-refractivity contribution >= 4 is 21.4 Å². The van der Waals surface area contributed by atoms with E-state index in [2.05, 4.69) is 9.80 Å². The van der Waals surface area contributed by atoms with Crippen LogP contribution in [0.1, 0.15) is 11.1 Å². The van der Waals surface area contributed by atoms with Gasteiger partial charge in [0.15, 0.2) is 0 Å². The number of sulfonamides is 1. The van der Waals surface area contributed by atoms with Crippen LogP contribution < -0.4 is 13.9 Å². The van der Waals surface area contributed by atoms with Crippen LogP contribution in [0.3, 0.4) is 0 Å². The summed E-state index contributed by atoms with van der Waals surface area (Å²) in [6.45, 7) is 3.21. The van der Waals surface area contributed by atoms with E-state index in [1.54, 1.807) is 12.1 Å². The topological polar surface area (TPSA) is 53.1 Å². The Hall–Kier alpha value is -2.46. The van der Waals surface area contributed by atoms with Crippen molar-refractivity contribution in [1.82, 2.24) is 4.90 Å². The molecule has 31 heavy (non-hydrogen) atoms. The standard InChI is InChI=1S/C21H24F3N3O3S/c1-25-9-11-26(12-10-25)19-14-17(5-6-20(19)30-2)31(28,29)27-8-7-15-3-4-16(13-18(15)27)21(22,23)24/h3-6,13-14H,7-12H2,1-2H3. The minimum atomic E-state index is -4.54. The monoisotopic (exact) mass is 455 g/mol. The van der Waals surface area contributed by atoms with E-state index in [0.29, 0.717) is 23.4 Å². The molecule has 0 amide bonds. The molecule has 2 aliphatic heterocycles. The molecule has 0 atom stereocenters. The van der Waals surface area contributed by atoms with Crippen LogP contribution in [0.5, 0.6) is 5.75 Å². The van der Waals surface area contributed by atoms with Crippen molar-refractivity contribution in [3.05, 3.63) is 47.5 Å². The molecule has 0 aliphatic carbocycles. The van der Waals surface area contributed by atoms with Crippen LogP contribution in [-0.2, 0) is 22.6 Å². The van der Waals surface area contributed by atoms with Gasteiger partial charge in [0.25, 0.3) is 10.0 Å². The molecule has 0 aromatic heterocycles. The average molecular weight is 456 g/mol. The van der Waals surface area contributed by atoms with Crippen molar-refractivity contribution in [3.63, 3.8) is 0 Å². The first-order valence-electron chi connectivity index (χ1n) is 9.95. The van der Waals surface area contributed by atoms with Crippen molar-refractivity contribution in [2.75, 3.05) is 56.1 Å². The highest BCUT2D eigenvalue weighted by atomic mass is 32.2. The lowest BCUT2D eigenvalue weighted by Crippen LogP contribution is -2.44. The summed E-state index contributed by atoms with van der Waals surface area (Å²) in [5.41, 5.74) is 0.484. The van der Waals surface area contributed by atoms with E-state index in [1.165, 1.54) is 19.2 Å². The van der Waals surface area contributed by atoms with Gasteiger partial charge in [0.05, 0.1) is 28.9 Å². The molecule has 0 unspecified atom stereocenters. The molecule has 168 valence electrons. The highest BCUT2D eigenvalue weighted by Gasteiger charge is 2.36. The molecule has 2 heterocycles. The van der Waals surface area contributed by atoms with Crippen LogP contribution in [0.25, 0.3) is 0 Å². The number of rotatable bonds is 4. The van der Waals surface area contributed by atoms with Crippen LogP contribution in [0.4, 0.5) is 24.5 Å². The number of hydrogen-bond donors (Lipinski definition) is 0. The summed E-state index contributed by atoms with van der Waals surface area (Å²) < 4.78 is 72.9. The normalized spacial score (nSPS) is 17.7. The predicted molar refractivity (Wildman–Crippen MR) is 112 cm³/mol. The van der Waals surface area contributed by atoms with Gasteiger partial charge in [-0.1, -0.05) is 6.07 Å². The highest BCUT2D eigenvalue weighted by Crippen LogP contribution is 2.40. The second-order valence-corrected chi connectivity index (χ2v) is 9.65. The lowest BCUT2D eigenvalue weighted by atomic mass is 10.1. The van der Waals surface area contributed by atoms with Gasteiger partial charge in [0.2, 0.25) is 0 Å². The SMILES string of the molecule is COc1ccc(S(=O)(=O)N2CCc3ccc(C(F)(F)F)cc32)cc1N1CCN(C)CC1. The summed E-state index contributed by atoms with van der Waals surface area (Å²) in [6, 6.07) is 7.88. The number of methoxy groups -OCH3 is 1. The number of halogens is 3. The number of nitrogens with zero attached hydrogens (tertiary/aromatic N) is 3. The third-order valence-electron chi connectivity index (χ3n) is 5.85. The molecule has 2 aromatic carbocycles. The van der Waals surface area contributed by atoms with E-state index < -0.39 is 21.8 Å². The van der Waals surface area contributed by atoms with Crippen LogP contribution in [0.2, 0.25) is 0 Å². The fourth-order valence-electron chi connectivity index (χ4n) is 4.03. The van der Waals surface area contributed by atoms with Gasteiger partial charge in [0, 0.05) is 32.7 Å². The minimum Gasteiger partial charge on any atom is -0.495 e. The van der Waals surface area contributed by atoms with Crippen LogP contribution >= 0.6 is 0 Å². The number of ether oxygens (including phenoxy) is 1. The lowest BCUT2D eigenvalue weighted by molar-refractivity contribution is -0.137. The Labute approximate surface area is 179 Å². The van der Waals surface area contributed by atoms with E-state index >= 15 is 0 Å². The fourth-order valence-corrected chi connectivity index (χ4v) is 5.54. The van der Waals surface area contributed by atoms with Gasteiger partial charge >= 0.3 is 6.18 Å². The summed E-state index contributed by atoms with van der Waals surface area (Å²) in [4.78, 5) is 4.29. The first-order chi connectivity index (χ1) is 14.6. The third kappa shape index (κ3) is 4.06. The number of fused-ring (bicyclic) bond motifs is 1. The molecule has 0 saturated carbocycles. The number of benzene rings is 2. The predicted octanol–water partition coefficient (Wildman–Crippen LogP) is 3.22. The van der Waals surface area contributed by atoms with Crippen LogP contribution in [0, 0.1) is 0 Å². The molecule has 0 N–H and O–H groups in total. The molecule has 6 nitrogen and oxygen atoms in total. The van der Waals surface area contributed by atoms with Crippen molar-refractivity contribution in [2.24, 2.45) is 0 Å². The van der Waals surface area contributed by atoms with Crippen LogP contribution in [0.15, 0.2) is 41.3 Å². The number of likely N-dealkylation sites (N-methyl/N-ethyl adjacent to an activating group) is 1. The number of alkyl halides is 3. The minimum absolute atomic E-state index is 0.0347. The Morgan fingerprint density at radius 1 is 0.935 bits per heavy atom. The van der Waals surface area contributed by atoms with Gasteiger partial charge < -0.3 is 14.5 Å². The second-order valence-electron chi connectivity index (χ2n) is 7.79. The maximum Gasteiger partial charge on any atom is 0.416 e. The molecule has 0 radical (unpaired) electrons. The lowest BCUT2D eigenvalue weighted by Gasteiger charge is -2.35. The number of hydrogen-bond acceptors (Lipinski definition) is 5. The maximum absolute atomic E-state index is 13.4. The third-order valence-corrected chi connectivity index (χ3v) is 7.66. The van der Waals surface area contributed by atoms with E-state index in [9.17, 15) is 21.6 Å². The van der Waals surface area contributed by atoms with Crippen molar-refractivity contribution in [2.45, 2.75) is 17.5 Å². The Morgan fingerprint density at radius 3 is 2.29 bits per heavy atom. The molecule has 2 aliphatic rings. The van der Waals surface area contributed by atoms with Gasteiger partial charge in [0.1, 0.15) is 5.75 Å². The first-order valence-corrected chi connectivity index (χ1v) is 11.4. The quantitative estimate of drug-likeness (QED) is 0.709. The van der Waals surface area contributed by atoms with E-state index in [-0.39, 0.29) is 17.1 Å². The Kier molecular flexibility index (Phi) is 5.55. The summed E-state index contributed by atoms with van der Waals surface area (Å²) in [6.07, 6.45) is -4.17. The largest absolute Gasteiger partial charge is 0.495 e. The van der Waals surface area contributed by atoms with Gasteiger partial charge in [-0.25, -0.2) is 8.42 Å². The zero-order chi connectivity index (χ0) is 22.4. The average Bonchev–Trinajstić information content (AvgIpc) is 3.17. The van der Waals surface area contributed by atoms with Gasteiger partial charge in [-0.05, 0) is 49.4 Å². The zero-order valence-corrected chi connectivity index (χ0v) is 18.1. The molecular weight excluding hydrogens is 431 g/mol. The highest BCUT2D eigenvalue weighted by molar-refractivity contribution is 7.92. The Morgan fingerprint density at radius 2 is 1.65 bits per heavy atom. The van der Waals surface area contributed by atoms with E-state index in [0.717, 1.165) is 42.6 Å². The molecule has 4 rings (SSSR count). The molecule has 2 aromatic rings. The molecular formula is C21H24F3N3O3S. The second kappa shape index (κ2) is 7.90. The summed E-state index contributed by atoms with van der Waals surface area (Å²) in [5, 5.41) is 0. The Balaban J connectivity index is 1.72. The van der Waals surface area contributed by atoms with Gasteiger partial charge in [-0.2, -0.15) is 13.2 Å². The molecule has 10 heteroatoms. The van der Waals surface area contributed by atoms with Crippen LogP contribution in [-0.4, -0.2) is 60.2 Å². The van der Waals surface area contributed by atoms with Crippen molar-refractivity contribution in [1.29, 1.82) is 0 Å². The summed E-state index contributed by atoms with van der Waals surface area (Å²) >= 11 is 0. The van der Waals surface area contributed by atoms with Gasteiger partial charge in [-0.15, -0.1) is 0 Å². The van der Waals surface area contributed by atoms with Crippen molar-refractivity contribution < 1.29 is 26.3 Å². The smallest absolute Gasteiger partial charge is 0.416 e. The molecule has 0 bridgehead atoms. The molecule has 1 saturated heterocycles. The number of piperazine rings is 1. The summed E-state index contributed by atoms with van der Waals surface area (Å²) in [7, 11) is -0.488.